The van der Waals surface area contributed by atoms with Crippen LogP contribution in [0.2, 0.25) is 0 Å². The van der Waals surface area contributed by atoms with Crippen molar-refractivity contribution in [2.24, 2.45) is 4.99 Å². The number of nitrogens with zero attached hydrogens (tertiary/aromatic N) is 3. The smallest absolute Gasteiger partial charge is 0.267 e. The lowest BCUT2D eigenvalue weighted by molar-refractivity contribution is 0.288. The Labute approximate surface area is 231 Å². The number of aromatic nitrogens is 2. The summed E-state index contributed by atoms with van der Waals surface area (Å²) in [5.74, 6) is -4.74. The number of halogens is 4. The minimum absolute atomic E-state index is 0.0121. The molecule has 3 aromatic carbocycles. The molecule has 14 heteroatoms. The van der Waals surface area contributed by atoms with Gasteiger partial charge in [-0.2, -0.15) is 0 Å². The third-order valence-electron chi connectivity index (χ3n) is 5.86. The Kier molecular flexibility index (Phi) is 7.96. The second-order valence-electron chi connectivity index (χ2n) is 8.53. The van der Waals surface area contributed by atoms with Gasteiger partial charge in [0.1, 0.15) is 28.2 Å². The van der Waals surface area contributed by atoms with Crippen molar-refractivity contribution in [1.82, 2.24) is 9.55 Å². The minimum atomic E-state index is -4.58. The van der Waals surface area contributed by atoms with Crippen LogP contribution in [0.15, 0.2) is 81.2 Å². The number of methoxy groups -OCH3 is 1. The molecule has 1 heterocycles. The fourth-order valence-corrected chi connectivity index (χ4v) is 5.17. The highest BCUT2D eigenvalue weighted by Crippen LogP contribution is 2.27. The van der Waals surface area contributed by atoms with Crippen molar-refractivity contribution in [1.29, 1.82) is 0 Å². The highest BCUT2D eigenvalue weighted by molar-refractivity contribution is 7.96. The van der Waals surface area contributed by atoms with Gasteiger partial charge < -0.3 is 10.5 Å². The van der Waals surface area contributed by atoms with Crippen LogP contribution in [-0.2, 0) is 14.8 Å². The number of anilines is 2. The number of nitrogens with two attached hydrogens (primary N) is 1. The van der Waals surface area contributed by atoms with Crippen molar-refractivity contribution in [3.63, 3.8) is 0 Å². The summed E-state index contributed by atoms with van der Waals surface area (Å²) in [7, 11) is -3.44. The standard InChI is InChI=1S/C27H21F4N5O4S/c1-14(10-24(25(33-2)40-3)41(38,39)35-22-8-5-16(28)12-19(22)30)15-4-7-21-18(11-15)26(37)36(27(32)34-21)23-9-6-17(29)13-20(23)31/h4-13,35H,2H2,1,3H3,(H2,32,34)/b14-10+,25-24-. The van der Waals surface area contributed by atoms with Crippen LogP contribution < -0.4 is 16.0 Å². The Morgan fingerprint density at radius 2 is 1.71 bits per heavy atom. The first-order valence-corrected chi connectivity index (χ1v) is 13.0. The number of allylic oxidation sites excluding steroid dienone is 2. The van der Waals surface area contributed by atoms with E-state index >= 15 is 0 Å². The molecule has 41 heavy (non-hydrogen) atoms. The first-order chi connectivity index (χ1) is 19.4. The number of nitrogen functional groups attached to an aromatic ring is 1. The van der Waals surface area contributed by atoms with E-state index in [2.05, 4.69) is 16.7 Å². The molecule has 0 radical (unpaired) electrons. The van der Waals surface area contributed by atoms with Crippen LogP contribution in [0.3, 0.4) is 0 Å². The Balaban J connectivity index is 1.85. The Morgan fingerprint density at radius 1 is 1.05 bits per heavy atom. The van der Waals surface area contributed by atoms with Gasteiger partial charge in [0.15, 0.2) is 0 Å². The molecule has 0 aliphatic heterocycles. The normalized spacial score (nSPS) is 12.7. The van der Waals surface area contributed by atoms with E-state index < -0.39 is 55.3 Å². The lowest BCUT2D eigenvalue weighted by atomic mass is 10.0. The first-order valence-electron chi connectivity index (χ1n) is 11.6. The molecule has 4 aromatic rings. The fraction of sp³-hybridized carbons (Fsp3) is 0.0741. The van der Waals surface area contributed by atoms with Gasteiger partial charge in [0.2, 0.25) is 11.8 Å². The maximum Gasteiger partial charge on any atom is 0.267 e. The molecule has 4 rings (SSSR count). The van der Waals surface area contributed by atoms with Crippen LogP contribution in [-0.4, -0.2) is 31.8 Å². The zero-order valence-corrected chi connectivity index (χ0v) is 22.3. The highest BCUT2D eigenvalue weighted by Gasteiger charge is 2.24. The number of benzene rings is 3. The quantitative estimate of drug-likeness (QED) is 0.131. The van der Waals surface area contributed by atoms with Gasteiger partial charge in [-0.25, -0.2) is 40.5 Å². The van der Waals surface area contributed by atoms with Gasteiger partial charge in [-0.15, -0.1) is 0 Å². The van der Waals surface area contributed by atoms with E-state index in [9.17, 15) is 30.8 Å². The third-order valence-corrected chi connectivity index (χ3v) is 7.22. The zero-order chi connectivity index (χ0) is 30.1. The molecule has 0 saturated carbocycles. The Morgan fingerprint density at radius 3 is 2.32 bits per heavy atom. The molecule has 3 N–H and O–H groups in total. The minimum Gasteiger partial charge on any atom is -0.480 e. The van der Waals surface area contributed by atoms with Gasteiger partial charge in [0.05, 0.1) is 29.4 Å². The van der Waals surface area contributed by atoms with Crippen molar-refractivity contribution in [3.8, 4) is 5.69 Å². The largest absolute Gasteiger partial charge is 0.480 e. The predicted octanol–water partition coefficient (Wildman–Crippen LogP) is 4.89. The Bertz CT molecular complexity index is 1940. The SMILES string of the molecule is C=N/C(OC)=C(\C=C(/C)c1ccc2nc(N)n(-c3ccc(F)cc3F)c(=O)c2c1)S(=O)(=O)Nc1ccc(F)cc1F. The van der Waals surface area contributed by atoms with Crippen molar-refractivity contribution in [2.45, 2.75) is 6.92 Å². The number of fused-ring (bicyclic) bond motifs is 1. The van der Waals surface area contributed by atoms with Crippen LogP contribution in [0.5, 0.6) is 0 Å². The average molecular weight is 588 g/mol. The molecule has 1 aromatic heterocycles. The summed E-state index contributed by atoms with van der Waals surface area (Å²) >= 11 is 0. The van der Waals surface area contributed by atoms with E-state index in [0.717, 1.165) is 42.0 Å². The molecule has 0 aliphatic carbocycles. The molecule has 0 bridgehead atoms. The number of aliphatic imine (C=N–C) groups is 1. The number of hydrogen-bond donors (Lipinski definition) is 2. The van der Waals surface area contributed by atoms with Crippen LogP contribution in [0.25, 0.3) is 22.2 Å². The van der Waals surface area contributed by atoms with Crippen molar-refractivity contribution >= 4 is 44.9 Å². The molecular formula is C27H21F4N5O4S. The van der Waals surface area contributed by atoms with Crippen molar-refractivity contribution < 1.29 is 30.7 Å². The van der Waals surface area contributed by atoms with Crippen LogP contribution >= 0.6 is 0 Å². The van der Waals surface area contributed by atoms with E-state index in [0.29, 0.717) is 17.7 Å². The molecule has 0 unspecified atom stereocenters. The van der Waals surface area contributed by atoms with E-state index in [1.165, 1.54) is 25.1 Å². The van der Waals surface area contributed by atoms with Crippen molar-refractivity contribution in [2.75, 3.05) is 17.6 Å². The lowest BCUT2D eigenvalue weighted by Gasteiger charge is -2.14. The lowest BCUT2D eigenvalue weighted by Crippen LogP contribution is -2.24. The second kappa shape index (κ2) is 11.3. The van der Waals surface area contributed by atoms with E-state index in [1.54, 1.807) is 0 Å². The highest BCUT2D eigenvalue weighted by atomic mass is 32.2. The maximum atomic E-state index is 14.5. The summed E-state index contributed by atoms with van der Waals surface area (Å²) in [5, 5.41) is -0.0121. The number of nitrogens with one attached hydrogen (secondary N) is 1. The number of hydrogen-bond acceptors (Lipinski definition) is 7. The fourth-order valence-electron chi connectivity index (χ4n) is 3.89. The van der Waals surface area contributed by atoms with Gasteiger partial charge in [-0.05, 0) is 67.3 Å². The predicted molar refractivity (Wildman–Crippen MR) is 148 cm³/mol. The zero-order valence-electron chi connectivity index (χ0n) is 21.5. The third kappa shape index (κ3) is 5.82. The van der Waals surface area contributed by atoms with E-state index in [4.69, 9.17) is 10.5 Å². The van der Waals surface area contributed by atoms with Gasteiger partial charge in [0, 0.05) is 12.1 Å². The summed E-state index contributed by atoms with van der Waals surface area (Å²) in [6.07, 6.45) is 1.14. The van der Waals surface area contributed by atoms with Crippen LogP contribution in [0.1, 0.15) is 12.5 Å². The molecular weight excluding hydrogens is 566 g/mol. The van der Waals surface area contributed by atoms with Crippen LogP contribution in [0.4, 0.5) is 29.2 Å². The molecule has 212 valence electrons. The number of rotatable bonds is 8. The molecule has 0 saturated heterocycles. The second-order valence-corrected chi connectivity index (χ2v) is 10.2. The summed E-state index contributed by atoms with van der Waals surface area (Å²) in [4.78, 5) is 20.5. The van der Waals surface area contributed by atoms with E-state index in [-0.39, 0.29) is 28.1 Å². The van der Waals surface area contributed by atoms with Crippen LogP contribution in [0, 0.1) is 23.3 Å². The summed E-state index contributed by atoms with van der Waals surface area (Å²) in [6.45, 7) is 4.81. The topological polar surface area (TPSA) is 129 Å². The average Bonchev–Trinajstić information content (AvgIpc) is 2.91. The van der Waals surface area contributed by atoms with E-state index in [1.807, 2.05) is 4.72 Å². The molecule has 0 atom stereocenters. The molecule has 9 nitrogen and oxygen atoms in total. The van der Waals surface area contributed by atoms with Gasteiger partial charge in [-0.3, -0.25) is 9.52 Å². The molecule has 0 spiro atoms. The van der Waals surface area contributed by atoms with Gasteiger partial charge in [-0.1, -0.05) is 6.07 Å². The number of ether oxygens (including phenoxy) is 1. The summed E-state index contributed by atoms with van der Waals surface area (Å²) < 4.78 is 89.7. The molecule has 0 aliphatic rings. The summed E-state index contributed by atoms with van der Waals surface area (Å²) in [5.41, 5.74) is 5.04. The molecule has 0 amide bonds. The Hall–Kier alpha value is -4.98. The van der Waals surface area contributed by atoms with Crippen molar-refractivity contribution in [3.05, 3.63) is 111 Å². The van der Waals surface area contributed by atoms with Gasteiger partial charge in [0.25, 0.3) is 15.6 Å². The monoisotopic (exact) mass is 587 g/mol. The maximum absolute atomic E-state index is 14.5. The summed E-state index contributed by atoms with van der Waals surface area (Å²) in [6, 6.07) is 9.21. The van der Waals surface area contributed by atoms with Gasteiger partial charge >= 0.3 is 0 Å². The number of sulfonamides is 1. The first kappa shape index (κ1) is 29.0. The molecule has 0 fully saturated rings.